The van der Waals surface area contributed by atoms with Gasteiger partial charge in [-0.05, 0) is 54.7 Å². The molecule has 1 atom stereocenters. The van der Waals surface area contributed by atoms with Crippen molar-refractivity contribution in [1.29, 1.82) is 0 Å². The highest BCUT2D eigenvalue weighted by Gasteiger charge is 2.45. The van der Waals surface area contributed by atoms with E-state index >= 15 is 0 Å². The number of carbonyl (C=O) groups is 1. The number of cyclic esters (lactones) is 1. The van der Waals surface area contributed by atoms with Crippen LogP contribution in [0.25, 0.3) is 22.3 Å². The number of benzene rings is 2. The second-order valence-corrected chi connectivity index (χ2v) is 10.8. The van der Waals surface area contributed by atoms with Gasteiger partial charge in [-0.2, -0.15) is 0 Å². The number of hydrogen-bond acceptors (Lipinski definition) is 7. The van der Waals surface area contributed by atoms with E-state index in [1.165, 1.54) is 5.56 Å². The third-order valence-corrected chi connectivity index (χ3v) is 8.38. The number of halogens is 1. The molecule has 5 heterocycles. The average Bonchev–Trinajstić information content (AvgIpc) is 3.31. The third-order valence-electron chi connectivity index (χ3n) is 7.85. The van der Waals surface area contributed by atoms with Crippen LogP contribution in [-0.4, -0.2) is 27.4 Å². The van der Waals surface area contributed by atoms with Crippen LogP contribution in [0.15, 0.2) is 51.7 Å². The summed E-state index contributed by atoms with van der Waals surface area (Å²) < 4.78 is 19.7. The molecule has 0 spiro atoms. The molecule has 3 aliphatic heterocycles. The molecule has 7 rings (SSSR count). The van der Waals surface area contributed by atoms with Crippen molar-refractivity contribution >= 4 is 32.8 Å². The van der Waals surface area contributed by atoms with Gasteiger partial charge in [0, 0.05) is 15.6 Å². The molecule has 0 unspecified atom stereocenters. The van der Waals surface area contributed by atoms with Crippen LogP contribution in [0.1, 0.15) is 41.2 Å². The number of rotatable bonds is 4. The Balaban J connectivity index is 1.41. The van der Waals surface area contributed by atoms with Crippen molar-refractivity contribution in [1.82, 2.24) is 9.55 Å². The number of ether oxygens (including phenoxy) is 3. The van der Waals surface area contributed by atoms with Crippen molar-refractivity contribution in [3.63, 3.8) is 0 Å². The van der Waals surface area contributed by atoms with E-state index in [9.17, 15) is 14.7 Å². The molecule has 0 amide bonds. The van der Waals surface area contributed by atoms with E-state index in [2.05, 4.69) is 28.1 Å². The van der Waals surface area contributed by atoms with Crippen molar-refractivity contribution in [2.75, 3.05) is 6.79 Å². The molecule has 4 aromatic rings. The molecule has 1 N–H and O–H groups in total. The van der Waals surface area contributed by atoms with Gasteiger partial charge >= 0.3 is 5.97 Å². The minimum Gasteiger partial charge on any atom is -0.458 e. The molecule has 2 aromatic heterocycles. The van der Waals surface area contributed by atoms with Gasteiger partial charge in [-0.15, -0.1) is 0 Å². The Morgan fingerprint density at radius 1 is 1.05 bits per heavy atom. The fourth-order valence-electron chi connectivity index (χ4n) is 5.73. The van der Waals surface area contributed by atoms with Gasteiger partial charge in [0.15, 0.2) is 5.60 Å². The highest BCUT2D eigenvalue weighted by molar-refractivity contribution is 9.10. The smallest absolute Gasteiger partial charge is 0.343 e. The first-order chi connectivity index (χ1) is 18.4. The Hall–Kier alpha value is -3.69. The van der Waals surface area contributed by atoms with Crippen molar-refractivity contribution in [3.05, 3.63) is 85.1 Å². The molecule has 0 saturated heterocycles. The zero-order valence-corrected chi connectivity index (χ0v) is 22.1. The molecule has 9 heteroatoms. The van der Waals surface area contributed by atoms with Crippen molar-refractivity contribution in [2.45, 2.75) is 44.9 Å². The van der Waals surface area contributed by atoms with Gasteiger partial charge in [0.2, 0.25) is 6.79 Å². The standard InChI is InChI=1S/C29H23BrN2O6/c1-2-29(35)20-11-21-25-18(12-32(21)27(33)19(20)13-36-28(29)34)26-23-22(37-14-38-26)10-7-16(24(23)31-25)6-3-15-4-8-17(30)9-5-15/h4-5,7-11,35H,2-3,6,12-14H2,1H3/t29-/m0/s1. The quantitative estimate of drug-likeness (QED) is 0.318. The second-order valence-electron chi connectivity index (χ2n) is 9.85. The van der Waals surface area contributed by atoms with Crippen molar-refractivity contribution < 1.29 is 24.1 Å². The lowest BCUT2D eigenvalue weighted by Gasteiger charge is -2.31. The van der Waals surface area contributed by atoms with Gasteiger partial charge in [0.05, 0.1) is 34.4 Å². The first kappa shape index (κ1) is 23.4. The number of aliphatic hydroxyl groups is 1. The van der Waals surface area contributed by atoms with E-state index in [-0.39, 0.29) is 31.9 Å². The Labute approximate surface area is 225 Å². The molecule has 0 radical (unpaired) electrons. The van der Waals surface area contributed by atoms with E-state index in [0.29, 0.717) is 34.0 Å². The molecule has 3 aliphatic rings. The largest absolute Gasteiger partial charge is 0.458 e. The van der Waals surface area contributed by atoms with Crippen LogP contribution >= 0.6 is 15.9 Å². The van der Waals surface area contributed by atoms with Gasteiger partial charge in [0.1, 0.15) is 18.1 Å². The summed E-state index contributed by atoms with van der Waals surface area (Å²) in [5.41, 5.74) is 3.40. The lowest BCUT2D eigenvalue weighted by atomic mass is 9.86. The lowest BCUT2D eigenvalue weighted by Crippen LogP contribution is -2.44. The SMILES string of the molecule is CC[C@@]1(O)C(=O)OCc2c1cc1n(c2=O)Cc2c-1nc1c(CCc3ccc(Br)cc3)ccc3c1c2OCO3. The summed E-state index contributed by atoms with van der Waals surface area (Å²) in [5, 5.41) is 12.0. The predicted octanol–water partition coefficient (Wildman–Crippen LogP) is 4.36. The maximum Gasteiger partial charge on any atom is 0.343 e. The molecular weight excluding hydrogens is 552 g/mol. The van der Waals surface area contributed by atoms with Crippen LogP contribution in [0.5, 0.6) is 11.5 Å². The molecule has 0 saturated carbocycles. The third kappa shape index (κ3) is 3.28. The number of aromatic nitrogens is 2. The van der Waals surface area contributed by atoms with E-state index in [4.69, 9.17) is 19.2 Å². The predicted molar refractivity (Wildman–Crippen MR) is 142 cm³/mol. The maximum absolute atomic E-state index is 13.6. The van der Waals surface area contributed by atoms with Gasteiger partial charge in [-0.25, -0.2) is 9.78 Å². The van der Waals surface area contributed by atoms with E-state index in [1.54, 1.807) is 17.6 Å². The number of nitrogens with zero attached hydrogens (tertiary/aromatic N) is 2. The molecule has 38 heavy (non-hydrogen) atoms. The monoisotopic (exact) mass is 574 g/mol. The van der Waals surface area contributed by atoms with Gasteiger partial charge in [0.25, 0.3) is 5.56 Å². The summed E-state index contributed by atoms with van der Waals surface area (Å²) >= 11 is 3.49. The Bertz CT molecular complexity index is 1730. The normalized spacial score (nSPS) is 18.8. The first-order valence-corrected chi connectivity index (χ1v) is 13.3. The minimum atomic E-state index is -1.87. The van der Waals surface area contributed by atoms with Crippen molar-refractivity contribution in [3.8, 4) is 22.9 Å². The molecule has 0 bridgehead atoms. The van der Waals surface area contributed by atoms with Crippen LogP contribution in [0, 0.1) is 0 Å². The van der Waals surface area contributed by atoms with Crippen LogP contribution in [0.3, 0.4) is 0 Å². The van der Waals surface area contributed by atoms with E-state index in [0.717, 1.165) is 39.3 Å². The summed E-state index contributed by atoms with van der Waals surface area (Å²) in [6.07, 6.45) is 1.67. The number of fused-ring (bicyclic) bond motifs is 5. The lowest BCUT2D eigenvalue weighted by molar-refractivity contribution is -0.172. The average molecular weight is 575 g/mol. The molecule has 2 aromatic carbocycles. The molecule has 8 nitrogen and oxygen atoms in total. The minimum absolute atomic E-state index is 0.0659. The zero-order chi connectivity index (χ0) is 26.2. The second kappa shape index (κ2) is 8.41. The van der Waals surface area contributed by atoms with Crippen molar-refractivity contribution in [2.24, 2.45) is 0 Å². The highest BCUT2D eigenvalue weighted by Crippen LogP contribution is 2.47. The number of hydrogen-bond donors (Lipinski definition) is 1. The molecule has 192 valence electrons. The number of carbonyl (C=O) groups excluding carboxylic acids is 1. The Morgan fingerprint density at radius 3 is 2.66 bits per heavy atom. The topological polar surface area (TPSA) is 99.9 Å². The van der Waals surface area contributed by atoms with Crippen LogP contribution < -0.4 is 15.0 Å². The molecular formula is C29H23BrN2O6. The summed E-state index contributed by atoms with van der Waals surface area (Å²) in [5.74, 6) is 0.624. The van der Waals surface area contributed by atoms with Crippen LogP contribution in [0.2, 0.25) is 0 Å². The summed E-state index contributed by atoms with van der Waals surface area (Å²) in [6.45, 7) is 1.87. The number of aryl methyl sites for hydroxylation is 2. The highest BCUT2D eigenvalue weighted by atomic mass is 79.9. The Morgan fingerprint density at radius 2 is 1.87 bits per heavy atom. The fourth-order valence-corrected chi connectivity index (χ4v) is 6.00. The van der Waals surface area contributed by atoms with E-state index < -0.39 is 11.6 Å². The zero-order valence-electron chi connectivity index (χ0n) is 20.5. The van der Waals surface area contributed by atoms with Crippen LogP contribution in [0.4, 0.5) is 0 Å². The van der Waals surface area contributed by atoms with E-state index in [1.807, 2.05) is 24.3 Å². The summed E-state index contributed by atoms with van der Waals surface area (Å²) in [7, 11) is 0. The summed E-state index contributed by atoms with van der Waals surface area (Å²) in [6, 6.07) is 14.0. The number of esters is 1. The molecule has 0 fully saturated rings. The first-order valence-electron chi connectivity index (χ1n) is 12.5. The van der Waals surface area contributed by atoms with Gasteiger partial charge < -0.3 is 23.9 Å². The number of pyridine rings is 2. The fraction of sp³-hybridized carbons (Fsp3) is 0.276. The Kier molecular flexibility index (Phi) is 5.18. The van der Waals surface area contributed by atoms with Crippen LogP contribution in [-0.2, 0) is 41.1 Å². The maximum atomic E-state index is 13.6. The van der Waals surface area contributed by atoms with Gasteiger partial charge in [-0.3, -0.25) is 4.79 Å². The summed E-state index contributed by atoms with van der Waals surface area (Å²) in [4.78, 5) is 31.2. The van der Waals surface area contributed by atoms with Gasteiger partial charge in [-0.1, -0.05) is 41.1 Å². The molecule has 0 aliphatic carbocycles.